The molecule has 5 heteroatoms. The summed E-state index contributed by atoms with van der Waals surface area (Å²) in [6.07, 6.45) is 4.29. The van der Waals surface area contributed by atoms with Crippen molar-refractivity contribution in [2.24, 2.45) is 5.73 Å². The second kappa shape index (κ2) is 7.11. The Morgan fingerprint density at radius 1 is 1.36 bits per heavy atom. The number of hydrogen-bond acceptors (Lipinski definition) is 4. The molecule has 1 aromatic rings. The van der Waals surface area contributed by atoms with Gasteiger partial charge in [0.1, 0.15) is 12.4 Å². The van der Waals surface area contributed by atoms with Crippen LogP contribution in [0, 0.1) is 0 Å². The standard InChI is InChI=1S/C17H24N2O3/c18-14-5-2-8-19(11-14)17(20)13-4-1-6-15(10-13)22-12-16-7-3-9-21-16/h1,4,6,10,14,16H,2-3,5,7-9,11-12,18H2/t14-,16-/m0/s1. The van der Waals surface area contributed by atoms with Gasteiger partial charge in [-0.15, -0.1) is 0 Å². The van der Waals surface area contributed by atoms with Crippen molar-refractivity contribution in [1.29, 1.82) is 0 Å². The fraction of sp³-hybridized carbons (Fsp3) is 0.588. The van der Waals surface area contributed by atoms with Crippen molar-refractivity contribution in [3.05, 3.63) is 29.8 Å². The molecular weight excluding hydrogens is 280 g/mol. The van der Waals surface area contributed by atoms with Crippen LogP contribution in [-0.4, -0.2) is 49.3 Å². The van der Waals surface area contributed by atoms with Gasteiger partial charge in [0.2, 0.25) is 0 Å². The van der Waals surface area contributed by atoms with Gasteiger partial charge >= 0.3 is 0 Å². The summed E-state index contributed by atoms with van der Waals surface area (Å²) < 4.78 is 11.3. The van der Waals surface area contributed by atoms with E-state index in [9.17, 15) is 4.79 Å². The van der Waals surface area contributed by atoms with Crippen molar-refractivity contribution in [3.63, 3.8) is 0 Å². The summed E-state index contributed by atoms with van der Waals surface area (Å²) in [7, 11) is 0. The van der Waals surface area contributed by atoms with Gasteiger partial charge in [-0.2, -0.15) is 0 Å². The summed E-state index contributed by atoms with van der Waals surface area (Å²) >= 11 is 0. The van der Waals surface area contributed by atoms with Gasteiger partial charge in [-0.25, -0.2) is 0 Å². The predicted octanol–water partition coefficient (Wildman–Crippen LogP) is 1.81. The monoisotopic (exact) mass is 304 g/mol. The molecule has 3 rings (SSSR count). The van der Waals surface area contributed by atoms with Gasteiger partial charge in [0.15, 0.2) is 0 Å². The van der Waals surface area contributed by atoms with Gasteiger partial charge in [0, 0.05) is 31.3 Å². The lowest BCUT2D eigenvalue weighted by Crippen LogP contribution is -2.45. The Hall–Kier alpha value is -1.59. The van der Waals surface area contributed by atoms with Crippen LogP contribution in [0.2, 0.25) is 0 Å². The van der Waals surface area contributed by atoms with Crippen molar-refractivity contribution in [3.8, 4) is 5.75 Å². The molecule has 1 aromatic carbocycles. The highest BCUT2D eigenvalue weighted by atomic mass is 16.5. The number of hydrogen-bond donors (Lipinski definition) is 1. The molecule has 2 fully saturated rings. The zero-order chi connectivity index (χ0) is 15.4. The summed E-state index contributed by atoms with van der Waals surface area (Å²) in [5, 5.41) is 0. The minimum atomic E-state index is 0.0396. The number of ether oxygens (including phenoxy) is 2. The number of carbonyl (C=O) groups excluding carboxylic acids is 1. The van der Waals surface area contributed by atoms with Crippen molar-refractivity contribution in [2.45, 2.75) is 37.8 Å². The molecule has 0 aliphatic carbocycles. The molecule has 0 radical (unpaired) electrons. The number of likely N-dealkylation sites (tertiary alicyclic amines) is 1. The number of benzene rings is 1. The summed E-state index contributed by atoms with van der Waals surface area (Å²) in [5.74, 6) is 0.764. The van der Waals surface area contributed by atoms with Crippen LogP contribution in [0.3, 0.4) is 0 Å². The van der Waals surface area contributed by atoms with Crippen molar-refractivity contribution >= 4 is 5.91 Å². The van der Waals surface area contributed by atoms with Crippen LogP contribution < -0.4 is 10.5 Å². The summed E-state index contributed by atoms with van der Waals surface area (Å²) in [5.41, 5.74) is 6.62. The molecule has 0 aromatic heterocycles. The first-order valence-electron chi connectivity index (χ1n) is 8.12. The van der Waals surface area contributed by atoms with Gasteiger partial charge in [-0.3, -0.25) is 4.79 Å². The fourth-order valence-electron chi connectivity index (χ4n) is 3.06. The molecule has 5 nitrogen and oxygen atoms in total. The minimum absolute atomic E-state index is 0.0396. The van der Waals surface area contributed by atoms with Crippen molar-refractivity contribution in [1.82, 2.24) is 4.90 Å². The fourth-order valence-corrected chi connectivity index (χ4v) is 3.06. The average Bonchev–Trinajstić information content (AvgIpc) is 3.06. The van der Waals surface area contributed by atoms with E-state index in [0.29, 0.717) is 18.7 Å². The molecule has 2 atom stereocenters. The third kappa shape index (κ3) is 3.78. The smallest absolute Gasteiger partial charge is 0.254 e. The zero-order valence-electron chi connectivity index (χ0n) is 12.9. The van der Waals surface area contributed by atoms with Crippen LogP contribution in [0.4, 0.5) is 0 Å². The molecule has 2 aliphatic heterocycles. The van der Waals surface area contributed by atoms with E-state index in [2.05, 4.69) is 0 Å². The maximum atomic E-state index is 12.5. The SMILES string of the molecule is N[C@H]1CCCN(C(=O)c2cccc(OC[C@@H]3CCCO3)c2)C1. The molecule has 22 heavy (non-hydrogen) atoms. The molecule has 0 bridgehead atoms. The second-order valence-electron chi connectivity index (χ2n) is 6.13. The number of carbonyl (C=O) groups is 1. The second-order valence-corrected chi connectivity index (χ2v) is 6.13. The normalized spacial score (nSPS) is 25.2. The lowest BCUT2D eigenvalue weighted by molar-refractivity contribution is 0.0674. The largest absolute Gasteiger partial charge is 0.491 e. The van der Waals surface area contributed by atoms with Gasteiger partial charge in [0.05, 0.1) is 6.10 Å². The topological polar surface area (TPSA) is 64.8 Å². The first-order valence-corrected chi connectivity index (χ1v) is 8.12. The van der Waals surface area contributed by atoms with Crippen LogP contribution >= 0.6 is 0 Å². The van der Waals surface area contributed by atoms with E-state index in [1.54, 1.807) is 0 Å². The molecule has 120 valence electrons. The summed E-state index contributed by atoms with van der Waals surface area (Å²) in [4.78, 5) is 14.4. The van der Waals surface area contributed by atoms with Crippen molar-refractivity contribution < 1.29 is 14.3 Å². The van der Waals surface area contributed by atoms with E-state index < -0.39 is 0 Å². The molecule has 2 heterocycles. The summed E-state index contributed by atoms with van der Waals surface area (Å²) in [6.45, 7) is 2.79. The molecule has 0 unspecified atom stereocenters. The third-order valence-electron chi connectivity index (χ3n) is 4.29. The highest BCUT2D eigenvalue weighted by Crippen LogP contribution is 2.19. The number of nitrogens with two attached hydrogens (primary N) is 1. The van der Waals surface area contributed by atoms with E-state index in [1.807, 2.05) is 29.2 Å². The maximum Gasteiger partial charge on any atom is 0.254 e. The van der Waals surface area contributed by atoms with E-state index >= 15 is 0 Å². The van der Waals surface area contributed by atoms with E-state index in [1.165, 1.54) is 0 Å². The van der Waals surface area contributed by atoms with Gasteiger partial charge < -0.3 is 20.1 Å². The number of piperidine rings is 1. The Kier molecular flexibility index (Phi) is 4.95. The number of nitrogens with zero attached hydrogens (tertiary/aromatic N) is 1. The molecular formula is C17H24N2O3. The predicted molar refractivity (Wildman–Crippen MR) is 84.0 cm³/mol. The van der Waals surface area contributed by atoms with Crippen LogP contribution in [0.15, 0.2) is 24.3 Å². The summed E-state index contributed by atoms with van der Waals surface area (Å²) in [6, 6.07) is 7.49. The molecule has 2 aliphatic rings. The molecule has 1 amide bonds. The van der Waals surface area contributed by atoms with Crippen molar-refractivity contribution in [2.75, 3.05) is 26.3 Å². The van der Waals surface area contributed by atoms with Gasteiger partial charge in [-0.05, 0) is 43.9 Å². The van der Waals surface area contributed by atoms with Gasteiger partial charge in [0.25, 0.3) is 5.91 Å². The lowest BCUT2D eigenvalue weighted by atomic mass is 10.1. The molecule has 0 spiro atoms. The Balaban J connectivity index is 1.61. The first kappa shape index (κ1) is 15.3. The van der Waals surface area contributed by atoms with Crippen LogP contribution in [-0.2, 0) is 4.74 Å². The quantitative estimate of drug-likeness (QED) is 0.921. The molecule has 0 saturated carbocycles. The molecule has 2 N–H and O–H groups in total. The Labute approximate surface area is 131 Å². The maximum absolute atomic E-state index is 12.5. The average molecular weight is 304 g/mol. The van der Waals surface area contributed by atoms with Crippen LogP contribution in [0.25, 0.3) is 0 Å². The first-order chi connectivity index (χ1) is 10.7. The highest BCUT2D eigenvalue weighted by Gasteiger charge is 2.22. The van der Waals surface area contributed by atoms with E-state index in [0.717, 1.165) is 44.6 Å². The Morgan fingerprint density at radius 2 is 2.27 bits per heavy atom. The van der Waals surface area contributed by atoms with Crippen LogP contribution in [0.5, 0.6) is 5.75 Å². The third-order valence-corrected chi connectivity index (χ3v) is 4.29. The van der Waals surface area contributed by atoms with Crippen LogP contribution in [0.1, 0.15) is 36.0 Å². The lowest BCUT2D eigenvalue weighted by Gasteiger charge is -2.30. The van der Waals surface area contributed by atoms with E-state index in [-0.39, 0.29) is 18.1 Å². The Bertz CT molecular complexity index is 514. The number of rotatable bonds is 4. The minimum Gasteiger partial charge on any atom is -0.491 e. The number of amides is 1. The van der Waals surface area contributed by atoms with E-state index in [4.69, 9.17) is 15.2 Å². The Morgan fingerprint density at radius 3 is 3.05 bits per heavy atom. The molecule has 2 saturated heterocycles. The highest BCUT2D eigenvalue weighted by molar-refractivity contribution is 5.94. The zero-order valence-corrected chi connectivity index (χ0v) is 12.9. The van der Waals surface area contributed by atoms with Gasteiger partial charge in [-0.1, -0.05) is 6.07 Å².